The summed E-state index contributed by atoms with van der Waals surface area (Å²) in [6.07, 6.45) is 0. The summed E-state index contributed by atoms with van der Waals surface area (Å²) < 4.78 is 22.6. The van der Waals surface area contributed by atoms with Crippen molar-refractivity contribution in [2.24, 2.45) is 4.99 Å². The number of hydrogen-bond donors (Lipinski definition) is 1. The van der Waals surface area contributed by atoms with E-state index in [1.807, 2.05) is 50.9 Å². The third-order valence-electron chi connectivity index (χ3n) is 3.68. The molecule has 8 heteroatoms. The fraction of sp³-hybridized carbons (Fsp3) is 0.588. The quantitative estimate of drug-likeness (QED) is 0.398. The fourth-order valence-electron chi connectivity index (χ4n) is 2.33. The molecule has 0 saturated heterocycles. The van der Waals surface area contributed by atoms with Crippen molar-refractivity contribution < 1.29 is 13.7 Å². The summed E-state index contributed by atoms with van der Waals surface area (Å²) in [5, 5.41) is 3.27. The second-order valence-corrected chi connectivity index (χ2v) is 9.00. The largest absolute Gasteiger partial charge is 0.454 e. The second-order valence-electron chi connectivity index (χ2n) is 6.68. The molecule has 1 aromatic rings. The molecule has 1 heterocycles. The van der Waals surface area contributed by atoms with Crippen LogP contribution in [0.4, 0.5) is 0 Å². The molecular weight excluding hydrogens is 453 g/mol. The number of hydrogen-bond acceptors (Lipinski definition) is 4. The van der Waals surface area contributed by atoms with Crippen LogP contribution in [0, 0.1) is 0 Å². The summed E-state index contributed by atoms with van der Waals surface area (Å²) in [6.45, 7) is 7.57. The van der Waals surface area contributed by atoms with E-state index in [0.717, 1.165) is 23.0 Å². The molecule has 2 rings (SSSR count). The van der Waals surface area contributed by atoms with E-state index >= 15 is 0 Å². The van der Waals surface area contributed by atoms with Crippen LogP contribution in [0.5, 0.6) is 11.5 Å². The van der Waals surface area contributed by atoms with E-state index in [2.05, 4.69) is 10.3 Å². The van der Waals surface area contributed by atoms with Gasteiger partial charge in [0.05, 0.1) is 0 Å². The number of nitrogens with one attached hydrogen (secondary N) is 1. The number of fused-ring (bicyclic) bond motifs is 1. The molecule has 1 aliphatic heterocycles. The molecule has 142 valence electrons. The van der Waals surface area contributed by atoms with Gasteiger partial charge in [0.15, 0.2) is 17.5 Å². The number of halogens is 1. The van der Waals surface area contributed by atoms with Crippen molar-refractivity contribution in [3.05, 3.63) is 23.8 Å². The molecule has 1 atom stereocenters. The minimum absolute atomic E-state index is 0. The lowest BCUT2D eigenvalue weighted by atomic mass is 10.2. The van der Waals surface area contributed by atoms with Gasteiger partial charge in [0.2, 0.25) is 6.79 Å². The Bertz CT molecular complexity index is 632. The molecule has 0 bridgehead atoms. The van der Waals surface area contributed by atoms with E-state index in [9.17, 15) is 4.21 Å². The average molecular weight is 481 g/mol. The Kier molecular flexibility index (Phi) is 8.46. The van der Waals surface area contributed by atoms with Crippen LogP contribution in [0.2, 0.25) is 0 Å². The summed E-state index contributed by atoms with van der Waals surface area (Å²) in [5.41, 5.74) is 1.11. The lowest BCUT2D eigenvalue weighted by molar-refractivity contribution is 0.174. The zero-order chi connectivity index (χ0) is 17.7. The van der Waals surface area contributed by atoms with Gasteiger partial charge in [-0.3, -0.25) is 9.20 Å². The summed E-state index contributed by atoms with van der Waals surface area (Å²) in [6, 6.07) is 5.93. The molecule has 0 radical (unpaired) electrons. The van der Waals surface area contributed by atoms with Crippen molar-refractivity contribution in [3.63, 3.8) is 0 Å². The monoisotopic (exact) mass is 481 g/mol. The molecule has 0 spiro atoms. The first-order valence-corrected chi connectivity index (χ1v) is 9.32. The highest BCUT2D eigenvalue weighted by Gasteiger charge is 2.19. The third-order valence-corrected chi connectivity index (χ3v) is 5.62. The smallest absolute Gasteiger partial charge is 0.231 e. The predicted octanol–water partition coefficient (Wildman–Crippen LogP) is 2.59. The average Bonchev–Trinajstić information content (AvgIpc) is 2.97. The van der Waals surface area contributed by atoms with Gasteiger partial charge in [0.25, 0.3) is 0 Å². The predicted molar refractivity (Wildman–Crippen MR) is 114 cm³/mol. The molecule has 0 aromatic heterocycles. The van der Waals surface area contributed by atoms with Gasteiger partial charge in [-0.1, -0.05) is 6.07 Å². The topological polar surface area (TPSA) is 63.2 Å². The number of guanidine groups is 1. The van der Waals surface area contributed by atoms with Gasteiger partial charge in [0.1, 0.15) is 0 Å². The molecule has 1 N–H and O–H groups in total. The first-order valence-electron chi connectivity index (χ1n) is 8.00. The minimum atomic E-state index is -0.873. The van der Waals surface area contributed by atoms with E-state index in [4.69, 9.17) is 9.47 Å². The molecule has 0 saturated carbocycles. The summed E-state index contributed by atoms with van der Waals surface area (Å²) in [4.78, 5) is 6.32. The fourth-order valence-corrected chi connectivity index (χ4v) is 3.23. The second kappa shape index (κ2) is 9.61. The van der Waals surface area contributed by atoms with E-state index in [0.29, 0.717) is 18.8 Å². The normalized spacial score (nSPS) is 14.7. The van der Waals surface area contributed by atoms with Gasteiger partial charge < -0.3 is 19.7 Å². The van der Waals surface area contributed by atoms with Crippen molar-refractivity contribution in [2.75, 3.05) is 33.2 Å². The Morgan fingerprint density at radius 1 is 1.32 bits per heavy atom. The Balaban J connectivity index is 0.00000312. The maximum absolute atomic E-state index is 12.1. The van der Waals surface area contributed by atoms with E-state index in [1.165, 1.54) is 0 Å². The van der Waals surface area contributed by atoms with Crippen LogP contribution in [-0.2, 0) is 17.3 Å². The highest BCUT2D eigenvalue weighted by Crippen LogP contribution is 2.32. The van der Waals surface area contributed by atoms with Crippen LogP contribution in [0.25, 0.3) is 0 Å². The first kappa shape index (κ1) is 22.0. The molecule has 1 unspecified atom stereocenters. The van der Waals surface area contributed by atoms with Crippen LogP contribution in [0.1, 0.15) is 26.3 Å². The summed E-state index contributed by atoms with van der Waals surface area (Å²) >= 11 is 0. The molecule has 25 heavy (non-hydrogen) atoms. The van der Waals surface area contributed by atoms with Crippen LogP contribution < -0.4 is 14.8 Å². The van der Waals surface area contributed by atoms with Gasteiger partial charge >= 0.3 is 0 Å². The molecule has 1 aromatic carbocycles. The molecule has 0 amide bonds. The Morgan fingerprint density at radius 3 is 2.64 bits per heavy atom. The van der Waals surface area contributed by atoms with Crippen molar-refractivity contribution in [3.8, 4) is 11.5 Å². The first-order chi connectivity index (χ1) is 11.3. The number of rotatable bonds is 5. The van der Waals surface area contributed by atoms with Crippen molar-refractivity contribution in [1.82, 2.24) is 10.2 Å². The van der Waals surface area contributed by atoms with Gasteiger partial charge in [-0.05, 0) is 38.5 Å². The van der Waals surface area contributed by atoms with Gasteiger partial charge in [0, 0.05) is 48.5 Å². The SMILES string of the molecule is CN=C(NCCS(=O)C(C)(C)C)N(C)Cc1ccc2c(c1)OCO2.I. The van der Waals surface area contributed by atoms with Crippen LogP contribution in [-0.4, -0.2) is 53.0 Å². The molecule has 6 nitrogen and oxygen atoms in total. The summed E-state index contributed by atoms with van der Waals surface area (Å²) in [7, 11) is 2.85. The Hall–Kier alpha value is -1.03. The van der Waals surface area contributed by atoms with E-state index in [1.54, 1.807) is 7.05 Å². The lowest BCUT2D eigenvalue weighted by Gasteiger charge is -2.23. The van der Waals surface area contributed by atoms with Gasteiger partial charge in [-0.25, -0.2) is 0 Å². The third kappa shape index (κ3) is 6.32. The zero-order valence-corrected chi connectivity index (χ0v) is 18.6. The van der Waals surface area contributed by atoms with Crippen LogP contribution >= 0.6 is 24.0 Å². The molecule has 1 aliphatic rings. The number of aliphatic imine (C=N–C) groups is 1. The minimum Gasteiger partial charge on any atom is -0.454 e. The summed E-state index contributed by atoms with van der Waals surface area (Å²) in [5.74, 6) is 2.94. The van der Waals surface area contributed by atoms with Crippen LogP contribution in [0.3, 0.4) is 0 Å². The standard InChI is InChI=1S/C17H27N3O3S.HI/c1-17(2,3)24(21)9-8-19-16(18-4)20(5)11-13-6-7-14-15(10-13)23-12-22-14;/h6-7,10H,8-9,11-12H2,1-5H3,(H,18,19);1H. The number of ether oxygens (including phenoxy) is 2. The number of benzene rings is 1. The van der Waals surface area contributed by atoms with Crippen molar-refractivity contribution in [1.29, 1.82) is 0 Å². The van der Waals surface area contributed by atoms with Gasteiger partial charge in [-0.15, -0.1) is 24.0 Å². The Labute approximate surface area is 169 Å². The lowest BCUT2D eigenvalue weighted by Crippen LogP contribution is -2.41. The maximum atomic E-state index is 12.1. The molecule has 0 fully saturated rings. The maximum Gasteiger partial charge on any atom is 0.231 e. The zero-order valence-electron chi connectivity index (χ0n) is 15.5. The molecule has 0 aliphatic carbocycles. The highest BCUT2D eigenvalue weighted by molar-refractivity contribution is 14.0. The number of nitrogens with zero attached hydrogens (tertiary/aromatic N) is 2. The van der Waals surface area contributed by atoms with Crippen molar-refractivity contribution in [2.45, 2.75) is 32.1 Å². The highest BCUT2D eigenvalue weighted by atomic mass is 127. The Morgan fingerprint density at radius 2 is 2.00 bits per heavy atom. The van der Waals surface area contributed by atoms with E-state index in [-0.39, 0.29) is 35.5 Å². The van der Waals surface area contributed by atoms with Crippen molar-refractivity contribution >= 4 is 40.7 Å². The van der Waals surface area contributed by atoms with Gasteiger partial charge in [-0.2, -0.15) is 0 Å². The van der Waals surface area contributed by atoms with Crippen LogP contribution in [0.15, 0.2) is 23.2 Å². The molecular formula is C17H28IN3O3S. The van der Waals surface area contributed by atoms with E-state index < -0.39 is 10.8 Å².